The minimum Gasteiger partial charge on any atom is -0.309 e. The molecule has 0 atom stereocenters. The molecule has 83 heavy (non-hydrogen) atoms. The average molecular weight is 1050 g/mol. The number of benzene rings is 15. The maximum Gasteiger partial charge on any atom is 0.0541 e. The Morgan fingerprint density at radius 3 is 0.651 bits per heavy atom. The molecule has 1 aromatic heterocycles. The first-order valence-corrected chi connectivity index (χ1v) is 28.7. The minimum atomic E-state index is 1.13. The summed E-state index contributed by atoms with van der Waals surface area (Å²) < 4.78 is 2.45. The summed E-state index contributed by atoms with van der Waals surface area (Å²) in [7, 11) is 0. The van der Waals surface area contributed by atoms with Gasteiger partial charge in [-0.3, -0.25) is 0 Å². The zero-order chi connectivity index (χ0) is 54.8. The van der Waals surface area contributed by atoms with E-state index in [2.05, 4.69) is 326 Å². The third-order valence-corrected chi connectivity index (χ3v) is 17.1. The molecule has 0 saturated carbocycles. The molecule has 0 aliphatic rings. The second kappa shape index (κ2) is 20.0. The molecule has 15 aromatic carbocycles. The lowest BCUT2D eigenvalue weighted by molar-refractivity contribution is 1.18. The summed E-state index contributed by atoms with van der Waals surface area (Å²) in [6.45, 7) is 0. The Hall–Kier alpha value is -10.9. The summed E-state index contributed by atoms with van der Waals surface area (Å²) in [5.41, 5.74) is 22.8. The molecule has 0 unspecified atom stereocenters. The normalized spacial score (nSPS) is 11.6. The molecule has 0 spiro atoms. The highest BCUT2D eigenvalue weighted by atomic mass is 15.0. The largest absolute Gasteiger partial charge is 0.309 e. The van der Waals surface area contributed by atoms with E-state index in [1.165, 1.54) is 154 Å². The highest BCUT2D eigenvalue weighted by Crippen LogP contribution is 2.49. The van der Waals surface area contributed by atoms with Crippen molar-refractivity contribution in [3.05, 3.63) is 322 Å². The Labute approximate surface area is 482 Å². The van der Waals surface area contributed by atoms with Gasteiger partial charge in [-0.2, -0.15) is 0 Å². The van der Waals surface area contributed by atoms with Crippen LogP contribution in [-0.2, 0) is 0 Å². The Balaban J connectivity index is 0.923. The van der Waals surface area contributed by atoms with Gasteiger partial charge in [0, 0.05) is 16.5 Å². The molecule has 1 heterocycles. The van der Waals surface area contributed by atoms with Gasteiger partial charge in [-0.05, 0) is 205 Å². The van der Waals surface area contributed by atoms with Gasteiger partial charge in [-0.25, -0.2) is 0 Å². The van der Waals surface area contributed by atoms with E-state index in [1.807, 2.05) is 0 Å². The first-order chi connectivity index (χ1) is 41.2. The number of aromatic nitrogens is 1. The van der Waals surface area contributed by atoms with Crippen LogP contribution in [0.15, 0.2) is 322 Å². The third-order valence-electron chi connectivity index (χ3n) is 17.1. The van der Waals surface area contributed by atoms with E-state index in [0.29, 0.717) is 0 Å². The molecular formula is C82H53N. The lowest BCUT2D eigenvalue weighted by atomic mass is 9.84. The molecule has 0 saturated heterocycles. The molecule has 386 valence electrons. The van der Waals surface area contributed by atoms with Gasteiger partial charge < -0.3 is 4.57 Å². The van der Waals surface area contributed by atoms with Crippen LogP contribution in [0.2, 0.25) is 0 Å². The van der Waals surface area contributed by atoms with E-state index in [9.17, 15) is 0 Å². The Kier molecular flexibility index (Phi) is 11.6. The summed E-state index contributed by atoms with van der Waals surface area (Å²) in [6.07, 6.45) is 0. The van der Waals surface area contributed by atoms with Crippen molar-refractivity contribution in [1.82, 2.24) is 4.57 Å². The molecule has 0 aliphatic heterocycles. The number of nitrogens with zero attached hydrogens (tertiary/aromatic N) is 1. The average Bonchev–Trinajstić information content (AvgIpc) is 2.85. The van der Waals surface area contributed by atoms with Gasteiger partial charge in [0.1, 0.15) is 0 Å². The molecular weight excluding hydrogens is 999 g/mol. The Morgan fingerprint density at radius 1 is 0.145 bits per heavy atom. The van der Waals surface area contributed by atoms with Crippen molar-refractivity contribution in [2.45, 2.75) is 0 Å². The van der Waals surface area contributed by atoms with Gasteiger partial charge >= 0.3 is 0 Å². The fourth-order valence-corrected chi connectivity index (χ4v) is 13.4. The lowest BCUT2D eigenvalue weighted by Gasteiger charge is -2.19. The van der Waals surface area contributed by atoms with Crippen molar-refractivity contribution < 1.29 is 0 Å². The topological polar surface area (TPSA) is 4.93 Å². The van der Waals surface area contributed by atoms with Crippen molar-refractivity contribution in [3.8, 4) is 94.7 Å². The number of fused-ring (bicyclic) bond motifs is 7. The van der Waals surface area contributed by atoms with E-state index < -0.39 is 0 Å². The summed E-state index contributed by atoms with van der Waals surface area (Å²) in [4.78, 5) is 0. The number of hydrogen-bond donors (Lipinski definition) is 0. The van der Waals surface area contributed by atoms with Crippen molar-refractivity contribution in [2.75, 3.05) is 0 Å². The summed E-state index contributed by atoms with van der Waals surface area (Å²) in [6, 6.07) is 119. The maximum absolute atomic E-state index is 2.47. The van der Waals surface area contributed by atoms with Gasteiger partial charge in [0.2, 0.25) is 0 Å². The van der Waals surface area contributed by atoms with Crippen LogP contribution in [0.25, 0.3) is 160 Å². The predicted octanol–water partition coefficient (Wildman–Crippen LogP) is 22.7. The smallest absolute Gasteiger partial charge is 0.0541 e. The molecule has 16 rings (SSSR count). The fraction of sp³-hybridized carbons (Fsp3) is 0. The molecule has 1 heteroatoms. The van der Waals surface area contributed by atoms with Crippen LogP contribution in [0, 0.1) is 0 Å². The van der Waals surface area contributed by atoms with Gasteiger partial charge in [0.25, 0.3) is 0 Å². The van der Waals surface area contributed by atoms with Crippen LogP contribution in [0.3, 0.4) is 0 Å². The van der Waals surface area contributed by atoms with Crippen LogP contribution in [-0.4, -0.2) is 4.57 Å². The van der Waals surface area contributed by atoms with E-state index in [0.717, 1.165) is 5.69 Å². The molecule has 1 nitrogen and oxygen atoms in total. The van der Waals surface area contributed by atoms with Gasteiger partial charge in [0.15, 0.2) is 0 Å². The van der Waals surface area contributed by atoms with Crippen molar-refractivity contribution in [3.63, 3.8) is 0 Å². The second-order valence-corrected chi connectivity index (χ2v) is 21.9. The van der Waals surface area contributed by atoms with Gasteiger partial charge in [-0.1, -0.05) is 249 Å². The fourth-order valence-electron chi connectivity index (χ4n) is 13.4. The molecule has 0 amide bonds. The summed E-state index contributed by atoms with van der Waals surface area (Å²) in [5.74, 6) is 0. The van der Waals surface area contributed by atoms with Gasteiger partial charge in [0.05, 0.1) is 11.0 Å². The summed E-state index contributed by atoms with van der Waals surface area (Å²) in [5, 5.41) is 12.2. The van der Waals surface area contributed by atoms with Crippen LogP contribution >= 0.6 is 0 Å². The first kappa shape index (κ1) is 48.1. The SMILES string of the molecule is c1ccc(-c2cc(-c3ccccc3)cc(-c3c4ccccc4c(-c4ccc5c(c4)c4cc(-c6c7ccccc7c(-c7cc(-c8ccccc8)cc(-c8ccccc8)c7)c7ccccc67)ccc4n5-c4ccccc4)c4ccccc34)c2)cc1. The van der Waals surface area contributed by atoms with Crippen molar-refractivity contribution in [2.24, 2.45) is 0 Å². The molecule has 0 N–H and O–H groups in total. The van der Waals surface area contributed by atoms with Crippen LogP contribution < -0.4 is 0 Å². The maximum atomic E-state index is 2.47. The van der Waals surface area contributed by atoms with Crippen LogP contribution in [0.1, 0.15) is 0 Å². The monoisotopic (exact) mass is 1050 g/mol. The van der Waals surface area contributed by atoms with Crippen LogP contribution in [0.5, 0.6) is 0 Å². The zero-order valence-electron chi connectivity index (χ0n) is 45.5. The van der Waals surface area contributed by atoms with E-state index >= 15 is 0 Å². The molecule has 16 aromatic rings. The first-order valence-electron chi connectivity index (χ1n) is 28.7. The second-order valence-electron chi connectivity index (χ2n) is 21.9. The zero-order valence-corrected chi connectivity index (χ0v) is 45.5. The van der Waals surface area contributed by atoms with E-state index in [4.69, 9.17) is 0 Å². The molecule has 0 aliphatic carbocycles. The molecule has 0 bridgehead atoms. The molecule has 0 radical (unpaired) electrons. The highest BCUT2D eigenvalue weighted by Gasteiger charge is 2.23. The molecule has 0 fully saturated rings. The predicted molar refractivity (Wildman–Crippen MR) is 354 cm³/mol. The lowest BCUT2D eigenvalue weighted by Crippen LogP contribution is -1.94. The highest BCUT2D eigenvalue weighted by molar-refractivity contribution is 6.25. The van der Waals surface area contributed by atoms with Crippen molar-refractivity contribution >= 4 is 64.9 Å². The van der Waals surface area contributed by atoms with E-state index in [1.54, 1.807) is 0 Å². The van der Waals surface area contributed by atoms with E-state index in [-0.39, 0.29) is 0 Å². The third kappa shape index (κ3) is 8.24. The number of hydrogen-bond acceptors (Lipinski definition) is 0. The quantitative estimate of drug-likeness (QED) is 0.127. The van der Waals surface area contributed by atoms with Crippen molar-refractivity contribution in [1.29, 1.82) is 0 Å². The number of rotatable bonds is 9. The summed E-state index contributed by atoms with van der Waals surface area (Å²) >= 11 is 0. The number of para-hydroxylation sites is 1. The minimum absolute atomic E-state index is 1.13. The Morgan fingerprint density at radius 2 is 0.373 bits per heavy atom. The standard InChI is InChI=1S/C82H53N/c1-6-24-54(25-7-1)60-46-61(55-26-8-2-9-27-55)49-64(48-60)81-71-38-20-16-34-67(71)79(68-35-17-21-39-72(68)81)58-42-44-77-75(52-58)76-53-59(43-45-78(76)83(77)66-32-14-5-15-33-66)80-69-36-18-22-40-73(69)82(74-41-23-19-37-70(74)80)65-50-62(56-28-10-3-11-29-56)47-63(51-65)57-30-12-4-13-31-57/h1-53H. The Bertz CT molecular complexity index is 4620. The van der Waals surface area contributed by atoms with Gasteiger partial charge in [-0.15, -0.1) is 0 Å². The van der Waals surface area contributed by atoms with Crippen LogP contribution in [0.4, 0.5) is 0 Å².